The van der Waals surface area contributed by atoms with E-state index < -0.39 is 53.2 Å². The van der Waals surface area contributed by atoms with E-state index in [2.05, 4.69) is 11.7 Å². The SMILES string of the molecule is CCCCCCCCCCCOC(=O)CCCC(=O)OCc1c(F)c(F)c(F)c(F)c1F. The van der Waals surface area contributed by atoms with Crippen molar-refractivity contribution in [3.05, 3.63) is 34.6 Å². The van der Waals surface area contributed by atoms with Gasteiger partial charge in [-0.2, -0.15) is 0 Å². The molecule has 0 fully saturated rings. The minimum atomic E-state index is -2.28. The van der Waals surface area contributed by atoms with E-state index in [1.807, 2.05) is 0 Å². The number of unbranched alkanes of at least 4 members (excludes halogenated alkanes) is 8. The molecule has 0 heterocycles. The van der Waals surface area contributed by atoms with E-state index >= 15 is 0 Å². The van der Waals surface area contributed by atoms with Gasteiger partial charge in [-0.25, -0.2) is 22.0 Å². The van der Waals surface area contributed by atoms with E-state index in [0.717, 1.165) is 19.3 Å². The van der Waals surface area contributed by atoms with E-state index in [1.54, 1.807) is 0 Å². The molecule has 0 amide bonds. The van der Waals surface area contributed by atoms with E-state index in [1.165, 1.54) is 38.5 Å². The number of rotatable bonds is 16. The van der Waals surface area contributed by atoms with Gasteiger partial charge in [0.05, 0.1) is 12.2 Å². The number of esters is 2. The summed E-state index contributed by atoms with van der Waals surface area (Å²) >= 11 is 0. The lowest BCUT2D eigenvalue weighted by Crippen LogP contribution is -2.12. The molecule has 0 atom stereocenters. The number of benzene rings is 1. The van der Waals surface area contributed by atoms with Gasteiger partial charge >= 0.3 is 11.9 Å². The van der Waals surface area contributed by atoms with E-state index in [4.69, 9.17) is 4.74 Å². The summed E-state index contributed by atoms with van der Waals surface area (Å²) in [5.74, 6) is -12.0. The summed E-state index contributed by atoms with van der Waals surface area (Å²) in [6, 6.07) is 0. The number of carbonyl (C=O) groups excluding carboxylic acids is 2. The summed E-state index contributed by atoms with van der Waals surface area (Å²) < 4.78 is 75.9. The molecule has 1 rings (SSSR count). The van der Waals surface area contributed by atoms with Crippen molar-refractivity contribution in [2.45, 2.75) is 90.6 Å². The summed E-state index contributed by atoms with van der Waals surface area (Å²) in [5.41, 5.74) is -1.23. The van der Waals surface area contributed by atoms with Gasteiger partial charge in [0, 0.05) is 12.8 Å². The maximum atomic E-state index is 13.5. The Morgan fingerprint density at radius 2 is 1.03 bits per heavy atom. The molecule has 0 bridgehead atoms. The van der Waals surface area contributed by atoms with Crippen LogP contribution in [0.2, 0.25) is 0 Å². The molecule has 9 heteroatoms. The van der Waals surface area contributed by atoms with Crippen molar-refractivity contribution in [3.8, 4) is 0 Å². The van der Waals surface area contributed by atoms with Gasteiger partial charge in [0.15, 0.2) is 23.3 Å². The van der Waals surface area contributed by atoms with Crippen LogP contribution in [-0.4, -0.2) is 18.5 Å². The zero-order chi connectivity index (χ0) is 23.9. The zero-order valence-electron chi connectivity index (χ0n) is 18.4. The summed E-state index contributed by atoms with van der Waals surface area (Å²) in [7, 11) is 0. The molecule has 0 unspecified atom stereocenters. The van der Waals surface area contributed by atoms with Crippen molar-refractivity contribution in [2.75, 3.05) is 6.61 Å². The first-order chi connectivity index (χ1) is 15.3. The van der Waals surface area contributed by atoms with Crippen LogP contribution < -0.4 is 0 Å². The third-order valence-corrected chi connectivity index (χ3v) is 4.95. The average Bonchev–Trinajstić information content (AvgIpc) is 2.77. The summed E-state index contributed by atoms with van der Waals surface area (Å²) in [6.07, 6.45) is 10.0. The maximum Gasteiger partial charge on any atom is 0.306 e. The maximum absolute atomic E-state index is 13.5. The predicted octanol–water partition coefficient (Wildman–Crippen LogP) is 6.67. The molecule has 32 heavy (non-hydrogen) atoms. The Balaban J connectivity index is 2.14. The van der Waals surface area contributed by atoms with Gasteiger partial charge in [0.25, 0.3) is 0 Å². The molecule has 0 aliphatic rings. The van der Waals surface area contributed by atoms with Crippen LogP contribution in [0.4, 0.5) is 22.0 Å². The second kappa shape index (κ2) is 15.6. The molecule has 0 aromatic heterocycles. The van der Waals surface area contributed by atoms with E-state index in [-0.39, 0.29) is 19.3 Å². The molecule has 0 saturated carbocycles. The fourth-order valence-corrected chi connectivity index (χ4v) is 3.05. The fraction of sp³-hybridized carbons (Fsp3) is 0.652. The number of hydrogen-bond donors (Lipinski definition) is 0. The van der Waals surface area contributed by atoms with Gasteiger partial charge in [0.2, 0.25) is 5.82 Å². The Hall–Kier alpha value is -2.19. The highest BCUT2D eigenvalue weighted by atomic mass is 19.2. The zero-order valence-corrected chi connectivity index (χ0v) is 18.4. The van der Waals surface area contributed by atoms with Crippen molar-refractivity contribution < 1.29 is 41.0 Å². The number of carbonyl (C=O) groups is 2. The summed E-state index contributed by atoms with van der Waals surface area (Å²) in [5, 5.41) is 0. The van der Waals surface area contributed by atoms with Crippen LogP contribution in [0.25, 0.3) is 0 Å². The molecule has 182 valence electrons. The Morgan fingerprint density at radius 1 is 0.594 bits per heavy atom. The highest BCUT2D eigenvalue weighted by Crippen LogP contribution is 2.23. The number of ether oxygens (including phenoxy) is 2. The molecule has 0 aliphatic heterocycles. The molecule has 0 saturated heterocycles. The lowest BCUT2D eigenvalue weighted by Gasteiger charge is -2.09. The number of halogens is 5. The van der Waals surface area contributed by atoms with Gasteiger partial charge in [-0.05, 0) is 12.8 Å². The molecular formula is C23H31F5O4. The van der Waals surface area contributed by atoms with Gasteiger partial charge in [-0.1, -0.05) is 58.3 Å². The van der Waals surface area contributed by atoms with Crippen molar-refractivity contribution in [1.82, 2.24) is 0 Å². The minimum absolute atomic E-state index is 0.0466. The van der Waals surface area contributed by atoms with Gasteiger partial charge in [-0.15, -0.1) is 0 Å². The highest BCUT2D eigenvalue weighted by molar-refractivity contribution is 5.72. The molecule has 4 nitrogen and oxygen atoms in total. The Labute approximate surface area is 185 Å². The first-order valence-electron chi connectivity index (χ1n) is 11.1. The molecular weight excluding hydrogens is 435 g/mol. The van der Waals surface area contributed by atoms with Gasteiger partial charge in [0.1, 0.15) is 6.61 Å². The monoisotopic (exact) mass is 466 g/mol. The highest BCUT2D eigenvalue weighted by Gasteiger charge is 2.26. The second-order valence-corrected chi connectivity index (χ2v) is 7.61. The lowest BCUT2D eigenvalue weighted by molar-refractivity contribution is -0.146. The predicted molar refractivity (Wildman–Crippen MR) is 108 cm³/mol. The topological polar surface area (TPSA) is 52.6 Å². The van der Waals surface area contributed by atoms with E-state index in [9.17, 15) is 31.5 Å². The summed E-state index contributed by atoms with van der Waals surface area (Å²) in [6.45, 7) is 1.38. The first kappa shape index (κ1) is 27.8. The standard InChI is InChI=1S/C23H31F5O4/c1-2-3-4-5-6-7-8-9-10-14-31-17(29)12-11-13-18(30)32-15-16-19(24)21(26)23(28)22(27)20(16)25/h2-15H2,1H3. The quantitative estimate of drug-likeness (QED) is 0.0898. The number of hydrogen-bond acceptors (Lipinski definition) is 4. The van der Waals surface area contributed by atoms with Crippen molar-refractivity contribution in [2.24, 2.45) is 0 Å². The van der Waals surface area contributed by atoms with Crippen molar-refractivity contribution in [3.63, 3.8) is 0 Å². The van der Waals surface area contributed by atoms with Crippen molar-refractivity contribution in [1.29, 1.82) is 0 Å². The largest absolute Gasteiger partial charge is 0.466 e. The molecule has 0 aliphatic carbocycles. The first-order valence-corrected chi connectivity index (χ1v) is 11.1. The van der Waals surface area contributed by atoms with Crippen molar-refractivity contribution >= 4 is 11.9 Å². The Kier molecular flexibility index (Phi) is 13.6. The average molecular weight is 466 g/mol. The van der Waals surface area contributed by atoms with Crippen LogP contribution in [0, 0.1) is 29.1 Å². The summed E-state index contributed by atoms with van der Waals surface area (Å²) in [4.78, 5) is 23.3. The minimum Gasteiger partial charge on any atom is -0.466 e. The van der Waals surface area contributed by atoms with Crippen LogP contribution in [0.3, 0.4) is 0 Å². The van der Waals surface area contributed by atoms with Crippen LogP contribution in [-0.2, 0) is 25.7 Å². The van der Waals surface area contributed by atoms with Crippen LogP contribution in [0.5, 0.6) is 0 Å². The normalized spacial score (nSPS) is 10.9. The fourth-order valence-electron chi connectivity index (χ4n) is 3.05. The third-order valence-electron chi connectivity index (χ3n) is 4.95. The van der Waals surface area contributed by atoms with Crippen LogP contribution in [0.15, 0.2) is 0 Å². The van der Waals surface area contributed by atoms with Gasteiger partial charge < -0.3 is 9.47 Å². The molecule has 0 radical (unpaired) electrons. The Morgan fingerprint density at radius 3 is 1.56 bits per heavy atom. The molecule has 0 spiro atoms. The molecule has 1 aromatic carbocycles. The molecule has 1 aromatic rings. The smallest absolute Gasteiger partial charge is 0.306 e. The molecule has 0 N–H and O–H groups in total. The second-order valence-electron chi connectivity index (χ2n) is 7.61. The Bertz CT molecular complexity index is 711. The van der Waals surface area contributed by atoms with Crippen LogP contribution >= 0.6 is 0 Å². The van der Waals surface area contributed by atoms with Gasteiger partial charge in [-0.3, -0.25) is 9.59 Å². The lowest BCUT2D eigenvalue weighted by atomic mass is 10.1. The van der Waals surface area contributed by atoms with Crippen LogP contribution in [0.1, 0.15) is 89.5 Å². The third kappa shape index (κ3) is 9.96. The van der Waals surface area contributed by atoms with E-state index in [0.29, 0.717) is 6.61 Å².